The molecule has 0 bridgehead atoms. The van der Waals surface area contributed by atoms with Gasteiger partial charge < -0.3 is 15.8 Å². The maximum Gasteiger partial charge on any atom is 0.343 e. The first-order valence-corrected chi connectivity index (χ1v) is 9.56. The zero-order valence-electron chi connectivity index (χ0n) is 15.6. The molecule has 0 aromatic heterocycles. The van der Waals surface area contributed by atoms with Crippen LogP contribution in [0.4, 0.5) is 26.2 Å². The Balaban J connectivity index is 1.81. The third kappa shape index (κ3) is 3.73. The van der Waals surface area contributed by atoms with Gasteiger partial charge >= 0.3 is 12.0 Å². The number of halogens is 2. The van der Waals surface area contributed by atoms with E-state index in [1.807, 2.05) is 0 Å². The number of hydrogen-bond donors (Lipinski definition) is 2. The minimum absolute atomic E-state index is 0.0106. The molecule has 2 aliphatic rings. The highest BCUT2D eigenvalue weighted by Gasteiger charge is 2.37. The Labute approximate surface area is 171 Å². The van der Waals surface area contributed by atoms with Crippen LogP contribution in [0.25, 0.3) is 0 Å². The van der Waals surface area contributed by atoms with Crippen molar-refractivity contribution < 1.29 is 23.6 Å². The number of para-hydroxylation sites is 1. The maximum absolute atomic E-state index is 15.6. The number of hydrogen-bond acceptors (Lipinski definition) is 5. The molecule has 4 rings (SSSR count). The van der Waals surface area contributed by atoms with Crippen LogP contribution in [-0.4, -0.2) is 18.6 Å². The fraction of sp³-hybridized carbons (Fsp3) is 0.300. The number of rotatable bonds is 5. The second-order valence-electron chi connectivity index (χ2n) is 7.08. The molecule has 1 atom stereocenters. The maximum atomic E-state index is 15.6. The lowest BCUT2D eigenvalue weighted by molar-refractivity contribution is 0.0486. The smallest absolute Gasteiger partial charge is 0.343 e. The van der Waals surface area contributed by atoms with Crippen molar-refractivity contribution in [2.75, 3.05) is 17.0 Å². The standard InChI is InChI=1S/C20H19ClFN3O4/c1-10-12-8-13(19(26)28-9-11-6-7-11)17(24-15-5-3-2-4-14(15)21)16(22)18(12)25(29-10)20(23)27/h2-5,8,10-11,24H,6-7,9H2,1H3,(H2,23,27). The SMILES string of the molecule is CC1ON(C(N)=O)c2c1cc(C(=O)OCC1CC1)c(Nc1ccccc1Cl)c2F. The van der Waals surface area contributed by atoms with Gasteiger partial charge in [-0.1, -0.05) is 23.7 Å². The lowest BCUT2D eigenvalue weighted by Crippen LogP contribution is -2.33. The number of ether oxygens (including phenoxy) is 1. The minimum Gasteiger partial charge on any atom is -0.462 e. The highest BCUT2D eigenvalue weighted by Crippen LogP contribution is 2.44. The largest absolute Gasteiger partial charge is 0.462 e. The van der Waals surface area contributed by atoms with E-state index in [9.17, 15) is 9.59 Å². The van der Waals surface area contributed by atoms with Gasteiger partial charge in [0.15, 0.2) is 5.82 Å². The van der Waals surface area contributed by atoms with E-state index in [4.69, 9.17) is 26.9 Å². The van der Waals surface area contributed by atoms with E-state index in [2.05, 4.69) is 5.32 Å². The zero-order valence-corrected chi connectivity index (χ0v) is 16.3. The molecule has 1 unspecified atom stereocenters. The van der Waals surface area contributed by atoms with Crippen molar-refractivity contribution in [2.24, 2.45) is 11.7 Å². The number of amides is 2. The van der Waals surface area contributed by atoms with E-state index < -0.39 is 23.9 Å². The van der Waals surface area contributed by atoms with Gasteiger partial charge in [-0.3, -0.25) is 4.84 Å². The van der Waals surface area contributed by atoms with Crippen LogP contribution in [0.1, 0.15) is 41.8 Å². The Morgan fingerprint density at radius 1 is 1.38 bits per heavy atom. The van der Waals surface area contributed by atoms with Gasteiger partial charge in [0.05, 0.1) is 28.6 Å². The van der Waals surface area contributed by atoms with Crippen LogP contribution in [-0.2, 0) is 9.57 Å². The number of esters is 1. The molecule has 1 aliphatic heterocycles. The number of nitrogens with two attached hydrogens (primary N) is 1. The van der Waals surface area contributed by atoms with Crippen molar-refractivity contribution in [3.63, 3.8) is 0 Å². The fourth-order valence-corrected chi connectivity index (χ4v) is 3.32. The van der Waals surface area contributed by atoms with Crippen molar-refractivity contribution in [2.45, 2.75) is 25.9 Å². The number of urea groups is 1. The normalized spacial score (nSPS) is 17.8. The lowest BCUT2D eigenvalue weighted by Gasteiger charge is -2.18. The summed E-state index contributed by atoms with van der Waals surface area (Å²) in [6.07, 6.45) is 1.35. The molecule has 2 aromatic carbocycles. The number of benzene rings is 2. The summed E-state index contributed by atoms with van der Waals surface area (Å²) < 4.78 is 20.9. The van der Waals surface area contributed by atoms with Crippen molar-refractivity contribution in [3.8, 4) is 0 Å². The van der Waals surface area contributed by atoms with Crippen LogP contribution in [0.3, 0.4) is 0 Å². The monoisotopic (exact) mass is 419 g/mol. The quantitative estimate of drug-likeness (QED) is 0.686. The van der Waals surface area contributed by atoms with Gasteiger partial charge in [0.1, 0.15) is 11.8 Å². The number of anilines is 3. The van der Waals surface area contributed by atoms with Gasteiger partial charge in [0.25, 0.3) is 0 Å². The van der Waals surface area contributed by atoms with Crippen molar-refractivity contribution in [1.82, 2.24) is 0 Å². The molecule has 9 heteroatoms. The highest BCUT2D eigenvalue weighted by molar-refractivity contribution is 6.33. The van der Waals surface area contributed by atoms with Crippen LogP contribution in [0, 0.1) is 11.7 Å². The number of carbonyl (C=O) groups is 2. The van der Waals surface area contributed by atoms with Crippen molar-refractivity contribution in [1.29, 1.82) is 0 Å². The fourth-order valence-electron chi connectivity index (χ4n) is 3.14. The molecule has 0 radical (unpaired) electrons. The molecule has 1 heterocycles. The second kappa shape index (κ2) is 7.53. The van der Waals surface area contributed by atoms with Gasteiger partial charge in [0, 0.05) is 5.56 Å². The number of nitrogens with zero attached hydrogens (tertiary/aromatic N) is 1. The molecule has 7 nitrogen and oxygen atoms in total. The summed E-state index contributed by atoms with van der Waals surface area (Å²) in [6, 6.07) is 7.19. The Morgan fingerprint density at radius 3 is 2.76 bits per heavy atom. The molecular formula is C20H19ClFN3O4. The van der Waals surface area contributed by atoms with Gasteiger partial charge in [-0.05, 0) is 43.9 Å². The predicted octanol–water partition coefficient (Wildman–Crippen LogP) is 4.68. The summed E-state index contributed by atoms with van der Waals surface area (Å²) in [5.41, 5.74) is 5.72. The second-order valence-corrected chi connectivity index (χ2v) is 7.49. The molecule has 1 aliphatic carbocycles. The van der Waals surface area contributed by atoms with Crippen LogP contribution in [0.15, 0.2) is 30.3 Å². The lowest BCUT2D eigenvalue weighted by atomic mass is 10.0. The molecule has 0 saturated heterocycles. The number of carbonyl (C=O) groups excluding carboxylic acids is 2. The first-order valence-electron chi connectivity index (χ1n) is 9.18. The molecule has 0 spiro atoms. The number of fused-ring (bicyclic) bond motifs is 1. The summed E-state index contributed by atoms with van der Waals surface area (Å²) in [7, 11) is 0. The van der Waals surface area contributed by atoms with Crippen LogP contribution < -0.4 is 16.1 Å². The molecule has 3 N–H and O–H groups in total. The average molecular weight is 420 g/mol. The van der Waals surface area contributed by atoms with E-state index in [1.165, 1.54) is 6.07 Å². The van der Waals surface area contributed by atoms with E-state index in [1.54, 1.807) is 31.2 Å². The molecule has 29 heavy (non-hydrogen) atoms. The van der Waals surface area contributed by atoms with E-state index in [0.717, 1.165) is 12.8 Å². The summed E-state index contributed by atoms with van der Waals surface area (Å²) in [6.45, 7) is 1.91. The van der Waals surface area contributed by atoms with E-state index in [-0.39, 0.29) is 23.5 Å². The van der Waals surface area contributed by atoms with Crippen LogP contribution in [0.5, 0.6) is 0 Å². The van der Waals surface area contributed by atoms with Crippen molar-refractivity contribution in [3.05, 3.63) is 52.3 Å². The zero-order chi connectivity index (χ0) is 20.7. The van der Waals surface area contributed by atoms with Crippen LogP contribution >= 0.6 is 11.6 Å². The third-order valence-corrected chi connectivity index (χ3v) is 5.20. The molecule has 1 fully saturated rings. The average Bonchev–Trinajstić information content (AvgIpc) is 3.45. The molecular weight excluding hydrogens is 401 g/mol. The van der Waals surface area contributed by atoms with E-state index >= 15 is 4.39 Å². The van der Waals surface area contributed by atoms with Crippen molar-refractivity contribution >= 4 is 40.7 Å². The van der Waals surface area contributed by atoms with Gasteiger partial charge in [0.2, 0.25) is 0 Å². The molecule has 152 valence electrons. The number of primary amides is 1. The number of hydroxylamine groups is 1. The topological polar surface area (TPSA) is 93.9 Å². The van der Waals surface area contributed by atoms with Gasteiger partial charge in [-0.25, -0.2) is 14.0 Å². The van der Waals surface area contributed by atoms with Crippen LogP contribution in [0.2, 0.25) is 5.02 Å². The Morgan fingerprint density at radius 2 is 2.10 bits per heavy atom. The summed E-state index contributed by atoms with van der Waals surface area (Å²) >= 11 is 6.18. The molecule has 1 saturated carbocycles. The molecule has 2 amide bonds. The summed E-state index contributed by atoms with van der Waals surface area (Å²) in [5.74, 6) is -1.17. The predicted molar refractivity (Wildman–Crippen MR) is 106 cm³/mol. The minimum atomic E-state index is -0.970. The third-order valence-electron chi connectivity index (χ3n) is 4.88. The first-order chi connectivity index (χ1) is 13.9. The summed E-state index contributed by atoms with van der Waals surface area (Å²) in [4.78, 5) is 29.8. The summed E-state index contributed by atoms with van der Waals surface area (Å²) in [5, 5.41) is 3.88. The van der Waals surface area contributed by atoms with Gasteiger partial charge in [-0.15, -0.1) is 0 Å². The number of nitrogens with one attached hydrogen (secondary N) is 1. The van der Waals surface area contributed by atoms with E-state index in [0.29, 0.717) is 27.3 Å². The first kappa shape index (κ1) is 19.5. The Hall–Kier alpha value is -2.84. The highest BCUT2D eigenvalue weighted by atomic mass is 35.5. The van der Waals surface area contributed by atoms with Gasteiger partial charge in [-0.2, -0.15) is 5.06 Å². The Kier molecular flexibility index (Phi) is 5.06. The molecule has 2 aromatic rings. The Bertz CT molecular complexity index is 996.